The number of carbonyl (C=O) groups is 2. The Morgan fingerprint density at radius 1 is 1.19 bits per heavy atom. The molecule has 2 aromatic rings. The summed E-state index contributed by atoms with van der Waals surface area (Å²) >= 11 is 0. The molecule has 2 aliphatic rings. The van der Waals surface area contributed by atoms with E-state index in [4.69, 9.17) is 4.74 Å². The Morgan fingerprint density at radius 3 is 2.85 bits per heavy atom. The van der Waals surface area contributed by atoms with Crippen molar-refractivity contribution in [2.24, 2.45) is 0 Å². The molecule has 2 N–H and O–H groups in total. The number of ether oxygens (including phenoxy) is 1. The van der Waals surface area contributed by atoms with Gasteiger partial charge in [-0.05, 0) is 74.4 Å². The fourth-order valence-electron chi connectivity index (χ4n) is 3.63. The minimum atomic E-state index is -1.61. The van der Waals surface area contributed by atoms with Crippen molar-refractivity contribution in [3.63, 3.8) is 0 Å². The van der Waals surface area contributed by atoms with Gasteiger partial charge in [-0.1, -0.05) is 18.2 Å². The van der Waals surface area contributed by atoms with E-state index in [9.17, 15) is 9.59 Å². The third-order valence-electron chi connectivity index (χ3n) is 5.21. The van der Waals surface area contributed by atoms with Gasteiger partial charge in [0.15, 0.2) is 0 Å². The van der Waals surface area contributed by atoms with Crippen molar-refractivity contribution in [2.45, 2.75) is 45.1 Å². The second kappa shape index (κ2) is 6.16. The number of fused-ring (bicyclic) bond motifs is 2. The fourth-order valence-corrected chi connectivity index (χ4v) is 3.63. The van der Waals surface area contributed by atoms with Gasteiger partial charge in [0, 0.05) is 5.69 Å². The van der Waals surface area contributed by atoms with Crippen molar-refractivity contribution >= 4 is 23.2 Å². The van der Waals surface area contributed by atoms with Gasteiger partial charge in [-0.15, -0.1) is 0 Å². The van der Waals surface area contributed by atoms with Gasteiger partial charge >= 0.3 is 0 Å². The summed E-state index contributed by atoms with van der Waals surface area (Å²) in [7, 11) is 0. The molecule has 4 rings (SSSR count). The van der Waals surface area contributed by atoms with Gasteiger partial charge in [0.1, 0.15) is 5.75 Å². The number of benzene rings is 2. The smallest absolute Gasteiger partial charge is 0.278 e. The van der Waals surface area contributed by atoms with Crippen LogP contribution in [0.4, 0.5) is 11.4 Å². The summed E-state index contributed by atoms with van der Waals surface area (Å²) in [4.78, 5) is 25.6. The standard InChI is InChI=1S/C21H22N2O3/c1-13-10-11-18-17(12-13)23-20(25)21(2,26-18)19(24)22-16-9-5-7-14-6-3-4-8-15(14)16/h5,7,9-12H,3-4,6,8H2,1-2H3,(H,22,24)(H,23,25). The summed E-state index contributed by atoms with van der Waals surface area (Å²) in [6.45, 7) is 3.45. The zero-order valence-corrected chi connectivity index (χ0v) is 15.0. The lowest BCUT2D eigenvalue weighted by Gasteiger charge is -2.33. The molecule has 26 heavy (non-hydrogen) atoms. The van der Waals surface area contributed by atoms with Crippen LogP contribution in [0.25, 0.3) is 0 Å². The highest BCUT2D eigenvalue weighted by Gasteiger charge is 2.47. The van der Waals surface area contributed by atoms with Crippen LogP contribution in [0.5, 0.6) is 5.75 Å². The highest BCUT2D eigenvalue weighted by Crippen LogP contribution is 2.35. The van der Waals surface area contributed by atoms with Crippen molar-refractivity contribution in [1.82, 2.24) is 0 Å². The van der Waals surface area contributed by atoms with E-state index in [1.807, 2.05) is 31.2 Å². The van der Waals surface area contributed by atoms with E-state index in [1.54, 1.807) is 6.07 Å². The first-order valence-corrected chi connectivity index (χ1v) is 9.01. The number of amides is 2. The molecule has 1 aliphatic carbocycles. The van der Waals surface area contributed by atoms with Gasteiger partial charge in [-0.25, -0.2) is 0 Å². The van der Waals surface area contributed by atoms with E-state index in [0.29, 0.717) is 11.4 Å². The summed E-state index contributed by atoms with van der Waals surface area (Å²) < 4.78 is 5.84. The van der Waals surface area contributed by atoms with E-state index in [1.165, 1.54) is 24.5 Å². The van der Waals surface area contributed by atoms with E-state index >= 15 is 0 Å². The van der Waals surface area contributed by atoms with E-state index < -0.39 is 17.4 Å². The average Bonchev–Trinajstić information content (AvgIpc) is 2.63. The molecule has 2 amide bonds. The van der Waals surface area contributed by atoms with Crippen molar-refractivity contribution in [2.75, 3.05) is 10.6 Å². The quantitative estimate of drug-likeness (QED) is 0.813. The molecule has 1 unspecified atom stereocenters. The monoisotopic (exact) mass is 350 g/mol. The van der Waals surface area contributed by atoms with Gasteiger partial charge in [-0.3, -0.25) is 9.59 Å². The van der Waals surface area contributed by atoms with Gasteiger partial charge in [0.25, 0.3) is 17.4 Å². The minimum absolute atomic E-state index is 0.458. The number of nitrogens with one attached hydrogen (secondary N) is 2. The summed E-state index contributed by atoms with van der Waals surface area (Å²) in [5.74, 6) is -0.416. The predicted octanol–water partition coefficient (Wildman–Crippen LogP) is 3.60. The number of carbonyl (C=O) groups excluding carboxylic acids is 2. The SMILES string of the molecule is Cc1ccc2c(c1)NC(=O)C(C)(C(=O)Nc1cccc3c1CCCC3)O2. The zero-order chi connectivity index (χ0) is 18.3. The first-order chi connectivity index (χ1) is 12.5. The molecule has 0 spiro atoms. The largest absolute Gasteiger partial charge is 0.466 e. The summed E-state index contributed by atoms with van der Waals surface area (Å²) in [5.41, 5.74) is 3.21. The van der Waals surface area contributed by atoms with E-state index in [-0.39, 0.29) is 0 Å². The second-order valence-corrected chi connectivity index (χ2v) is 7.19. The molecule has 0 aromatic heterocycles. The Kier molecular flexibility index (Phi) is 3.94. The van der Waals surface area contributed by atoms with Gasteiger partial charge < -0.3 is 15.4 Å². The number of hydrogen-bond donors (Lipinski definition) is 2. The van der Waals surface area contributed by atoms with Crippen LogP contribution >= 0.6 is 0 Å². The van der Waals surface area contributed by atoms with Crippen LogP contribution in [-0.4, -0.2) is 17.4 Å². The molecule has 2 aromatic carbocycles. The van der Waals surface area contributed by atoms with Crippen molar-refractivity contribution in [3.05, 3.63) is 53.1 Å². The highest BCUT2D eigenvalue weighted by molar-refractivity contribution is 6.19. The molecule has 134 valence electrons. The van der Waals surface area contributed by atoms with Gasteiger partial charge in [0.2, 0.25) is 0 Å². The van der Waals surface area contributed by atoms with Crippen LogP contribution in [-0.2, 0) is 22.4 Å². The van der Waals surface area contributed by atoms with Crippen LogP contribution in [0, 0.1) is 6.92 Å². The first-order valence-electron chi connectivity index (χ1n) is 9.01. The van der Waals surface area contributed by atoms with Crippen LogP contribution in [0.3, 0.4) is 0 Å². The van der Waals surface area contributed by atoms with Crippen molar-refractivity contribution < 1.29 is 14.3 Å². The van der Waals surface area contributed by atoms with E-state index in [0.717, 1.165) is 30.5 Å². The lowest BCUT2D eigenvalue weighted by molar-refractivity contribution is -0.143. The number of aryl methyl sites for hydroxylation is 2. The van der Waals surface area contributed by atoms with Gasteiger partial charge in [0.05, 0.1) is 5.69 Å². The number of hydrogen-bond acceptors (Lipinski definition) is 3. The fraction of sp³-hybridized carbons (Fsp3) is 0.333. The third kappa shape index (κ3) is 2.73. The maximum atomic E-state index is 13.0. The molecule has 1 aliphatic heterocycles. The molecule has 0 saturated carbocycles. The molecule has 0 radical (unpaired) electrons. The summed E-state index contributed by atoms with van der Waals surface area (Å²) in [6, 6.07) is 11.4. The van der Waals surface area contributed by atoms with E-state index in [2.05, 4.69) is 16.7 Å². The zero-order valence-electron chi connectivity index (χ0n) is 15.0. The minimum Gasteiger partial charge on any atom is -0.466 e. The highest BCUT2D eigenvalue weighted by atomic mass is 16.5. The molecule has 1 atom stereocenters. The maximum Gasteiger partial charge on any atom is 0.278 e. The molecular formula is C21H22N2O3. The molecule has 0 saturated heterocycles. The number of anilines is 2. The first kappa shape index (κ1) is 16.6. The van der Waals surface area contributed by atoms with Crippen LogP contribution < -0.4 is 15.4 Å². The molecule has 0 fully saturated rings. The molecule has 5 heteroatoms. The lowest BCUT2D eigenvalue weighted by atomic mass is 9.90. The topological polar surface area (TPSA) is 67.4 Å². The lowest BCUT2D eigenvalue weighted by Crippen LogP contribution is -2.56. The second-order valence-electron chi connectivity index (χ2n) is 7.19. The van der Waals surface area contributed by atoms with Crippen LogP contribution in [0.1, 0.15) is 36.5 Å². The van der Waals surface area contributed by atoms with Crippen LogP contribution in [0.2, 0.25) is 0 Å². The molecule has 0 bridgehead atoms. The Hall–Kier alpha value is -2.82. The van der Waals surface area contributed by atoms with Crippen molar-refractivity contribution in [3.8, 4) is 5.75 Å². The molecular weight excluding hydrogens is 328 g/mol. The number of rotatable bonds is 2. The molecule has 5 nitrogen and oxygen atoms in total. The van der Waals surface area contributed by atoms with Crippen molar-refractivity contribution in [1.29, 1.82) is 0 Å². The Bertz CT molecular complexity index is 906. The molecule has 1 heterocycles. The normalized spacial score (nSPS) is 21.1. The Morgan fingerprint density at radius 2 is 2.00 bits per heavy atom. The van der Waals surface area contributed by atoms with Crippen LogP contribution in [0.15, 0.2) is 36.4 Å². The predicted molar refractivity (Wildman–Crippen MR) is 101 cm³/mol. The third-order valence-corrected chi connectivity index (χ3v) is 5.21. The van der Waals surface area contributed by atoms with Gasteiger partial charge in [-0.2, -0.15) is 0 Å². The summed E-state index contributed by atoms with van der Waals surface area (Å²) in [5, 5.41) is 5.72. The Balaban J connectivity index is 1.62. The average molecular weight is 350 g/mol. The summed E-state index contributed by atoms with van der Waals surface area (Å²) in [6.07, 6.45) is 4.25. The maximum absolute atomic E-state index is 13.0. The Labute approximate surface area is 152 Å².